The van der Waals surface area contributed by atoms with E-state index < -0.39 is 9.84 Å². The number of methoxy groups -OCH3 is 1. The number of phenols is 1. The van der Waals surface area contributed by atoms with E-state index in [1.165, 1.54) is 19.4 Å². The standard InChI is InChI=1S/C12H18ClNO4S/c1-8(7-19(3,16)17)14-6-9-4-10(13)5-11(18-2)12(9)15/h4-5,8,14-15H,6-7H2,1-3H3. The van der Waals surface area contributed by atoms with Crippen LogP contribution in [0.3, 0.4) is 0 Å². The molecule has 19 heavy (non-hydrogen) atoms. The topological polar surface area (TPSA) is 75.6 Å². The minimum absolute atomic E-state index is 0.00551. The lowest BCUT2D eigenvalue weighted by atomic mass is 10.1. The Kier molecular flexibility index (Phi) is 5.46. The quantitative estimate of drug-likeness (QED) is 0.834. The maximum absolute atomic E-state index is 11.1. The Labute approximate surface area is 118 Å². The number of nitrogens with one attached hydrogen (secondary N) is 1. The first-order chi connectivity index (χ1) is 8.73. The fraction of sp³-hybridized carbons (Fsp3) is 0.500. The molecule has 5 nitrogen and oxygen atoms in total. The first kappa shape index (κ1) is 16.1. The molecule has 1 aromatic rings. The van der Waals surface area contributed by atoms with Gasteiger partial charge in [-0.25, -0.2) is 8.42 Å². The number of rotatable bonds is 6. The van der Waals surface area contributed by atoms with Crippen LogP contribution in [0.1, 0.15) is 12.5 Å². The average Bonchev–Trinajstić information content (AvgIpc) is 2.27. The van der Waals surface area contributed by atoms with E-state index in [1.807, 2.05) is 0 Å². The van der Waals surface area contributed by atoms with Gasteiger partial charge in [-0.05, 0) is 13.0 Å². The molecule has 7 heteroatoms. The van der Waals surface area contributed by atoms with Gasteiger partial charge in [0.05, 0.1) is 12.9 Å². The third kappa shape index (κ3) is 5.26. The molecule has 0 aliphatic rings. The molecule has 108 valence electrons. The van der Waals surface area contributed by atoms with Crippen molar-refractivity contribution in [2.45, 2.75) is 19.5 Å². The summed E-state index contributed by atoms with van der Waals surface area (Å²) in [5.41, 5.74) is 0.560. The molecule has 0 aliphatic heterocycles. The molecule has 0 amide bonds. The molecule has 0 saturated carbocycles. The molecule has 0 fully saturated rings. The van der Waals surface area contributed by atoms with E-state index >= 15 is 0 Å². The number of hydrogen-bond acceptors (Lipinski definition) is 5. The second kappa shape index (κ2) is 6.45. The summed E-state index contributed by atoms with van der Waals surface area (Å²) in [7, 11) is -1.60. The van der Waals surface area contributed by atoms with Crippen molar-refractivity contribution in [2.24, 2.45) is 0 Å². The second-order valence-electron chi connectivity index (χ2n) is 4.49. The molecule has 0 aliphatic carbocycles. The zero-order valence-electron chi connectivity index (χ0n) is 11.1. The van der Waals surface area contributed by atoms with Gasteiger partial charge in [-0.2, -0.15) is 0 Å². The number of aromatic hydroxyl groups is 1. The van der Waals surface area contributed by atoms with Crippen molar-refractivity contribution in [3.63, 3.8) is 0 Å². The zero-order chi connectivity index (χ0) is 14.6. The van der Waals surface area contributed by atoms with Crippen LogP contribution in [0.15, 0.2) is 12.1 Å². The maximum Gasteiger partial charge on any atom is 0.162 e. The number of hydrogen-bond donors (Lipinski definition) is 2. The Morgan fingerprint density at radius 1 is 1.47 bits per heavy atom. The SMILES string of the molecule is COc1cc(Cl)cc(CNC(C)CS(C)(=O)=O)c1O. The van der Waals surface area contributed by atoms with Crippen LogP contribution in [0.4, 0.5) is 0 Å². The number of phenolic OH excluding ortho intramolecular Hbond substituents is 1. The highest BCUT2D eigenvalue weighted by Crippen LogP contribution is 2.33. The summed E-state index contributed by atoms with van der Waals surface area (Å²) in [5.74, 6) is 0.330. The molecule has 0 aromatic heterocycles. The molecule has 0 saturated heterocycles. The van der Waals surface area contributed by atoms with Gasteiger partial charge >= 0.3 is 0 Å². The van der Waals surface area contributed by atoms with Gasteiger partial charge in [-0.15, -0.1) is 0 Å². The lowest BCUT2D eigenvalue weighted by Crippen LogP contribution is -2.32. The van der Waals surface area contributed by atoms with E-state index in [0.29, 0.717) is 22.9 Å². The van der Waals surface area contributed by atoms with Gasteiger partial charge in [0, 0.05) is 35.5 Å². The predicted octanol–water partition coefficient (Wildman–Crippen LogP) is 1.58. The summed E-state index contributed by atoms with van der Waals surface area (Å²) in [6.45, 7) is 2.07. The van der Waals surface area contributed by atoms with Gasteiger partial charge in [0.1, 0.15) is 9.84 Å². The molecule has 0 heterocycles. The van der Waals surface area contributed by atoms with Crippen molar-refractivity contribution < 1.29 is 18.3 Å². The summed E-state index contributed by atoms with van der Waals surface area (Å²) >= 11 is 5.91. The molecule has 0 spiro atoms. The molecule has 1 unspecified atom stereocenters. The molecule has 0 radical (unpaired) electrons. The third-order valence-electron chi connectivity index (χ3n) is 2.53. The van der Waals surface area contributed by atoms with Crippen molar-refractivity contribution in [1.82, 2.24) is 5.32 Å². The Hall–Kier alpha value is -0.980. The highest BCUT2D eigenvalue weighted by Gasteiger charge is 2.13. The van der Waals surface area contributed by atoms with E-state index in [9.17, 15) is 13.5 Å². The first-order valence-electron chi connectivity index (χ1n) is 5.69. The molecule has 1 aromatic carbocycles. The minimum Gasteiger partial charge on any atom is -0.504 e. The van der Waals surface area contributed by atoms with Crippen molar-refractivity contribution in [3.05, 3.63) is 22.7 Å². The summed E-state index contributed by atoms with van der Waals surface area (Å²) in [6.07, 6.45) is 1.19. The summed E-state index contributed by atoms with van der Waals surface area (Å²) < 4.78 is 27.3. The summed E-state index contributed by atoms with van der Waals surface area (Å²) in [5, 5.41) is 13.4. The average molecular weight is 308 g/mol. The van der Waals surface area contributed by atoms with Crippen LogP contribution < -0.4 is 10.1 Å². The second-order valence-corrected chi connectivity index (χ2v) is 7.11. The van der Waals surface area contributed by atoms with E-state index in [-0.39, 0.29) is 17.5 Å². The Bertz CT molecular complexity index is 545. The number of benzene rings is 1. The van der Waals surface area contributed by atoms with Crippen molar-refractivity contribution in [1.29, 1.82) is 0 Å². The van der Waals surface area contributed by atoms with Crippen LogP contribution in [0.25, 0.3) is 0 Å². The fourth-order valence-electron chi connectivity index (χ4n) is 1.72. The van der Waals surface area contributed by atoms with Gasteiger partial charge in [-0.3, -0.25) is 0 Å². The fourth-order valence-corrected chi connectivity index (χ4v) is 2.97. The Morgan fingerprint density at radius 3 is 2.63 bits per heavy atom. The largest absolute Gasteiger partial charge is 0.504 e. The van der Waals surface area contributed by atoms with E-state index in [1.54, 1.807) is 13.0 Å². The first-order valence-corrected chi connectivity index (χ1v) is 8.13. The minimum atomic E-state index is -3.03. The van der Waals surface area contributed by atoms with Gasteiger partial charge in [0.25, 0.3) is 0 Å². The van der Waals surface area contributed by atoms with Crippen LogP contribution >= 0.6 is 11.6 Å². The maximum atomic E-state index is 11.1. The zero-order valence-corrected chi connectivity index (χ0v) is 12.7. The van der Waals surface area contributed by atoms with Crippen LogP contribution in [-0.4, -0.2) is 38.7 Å². The monoisotopic (exact) mass is 307 g/mol. The van der Waals surface area contributed by atoms with Crippen LogP contribution in [0, 0.1) is 0 Å². The Balaban J connectivity index is 2.75. The molecule has 1 atom stereocenters. The highest BCUT2D eigenvalue weighted by molar-refractivity contribution is 7.90. The van der Waals surface area contributed by atoms with Crippen molar-refractivity contribution >= 4 is 21.4 Å². The number of sulfone groups is 1. The Morgan fingerprint density at radius 2 is 2.11 bits per heavy atom. The molecule has 1 rings (SSSR count). The number of ether oxygens (including phenoxy) is 1. The lowest BCUT2D eigenvalue weighted by Gasteiger charge is -2.15. The van der Waals surface area contributed by atoms with Gasteiger partial charge in [0.2, 0.25) is 0 Å². The summed E-state index contributed by atoms with van der Waals surface area (Å²) in [4.78, 5) is 0. The molecular weight excluding hydrogens is 290 g/mol. The summed E-state index contributed by atoms with van der Waals surface area (Å²) in [6, 6.07) is 2.90. The van der Waals surface area contributed by atoms with Gasteiger partial charge < -0.3 is 15.2 Å². The van der Waals surface area contributed by atoms with Crippen LogP contribution in [0.5, 0.6) is 11.5 Å². The van der Waals surface area contributed by atoms with Crippen LogP contribution in [0.2, 0.25) is 5.02 Å². The molecular formula is C12H18ClNO4S. The van der Waals surface area contributed by atoms with Crippen molar-refractivity contribution in [3.8, 4) is 11.5 Å². The number of halogens is 1. The van der Waals surface area contributed by atoms with Gasteiger partial charge in [0.15, 0.2) is 11.5 Å². The normalized spacial score (nSPS) is 13.3. The van der Waals surface area contributed by atoms with E-state index in [4.69, 9.17) is 16.3 Å². The third-order valence-corrected chi connectivity index (χ3v) is 3.86. The molecule has 0 bridgehead atoms. The van der Waals surface area contributed by atoms with Crippen LogP contribution in [-0.2, 0) is 16.4 Å². The van der Waals surface area contributed by atoms with E-state index in [0.717, 1.165) is 0 Å². The van der Waals surface area contributed by atoms with Gasteiger partial charge in [-0.1, -0.05) is 11.6 Å². The smallest absolute Gasteiger partial charge is 0.162 e. The highest BCUT2D eigenvalue weighted by atomic mass is 35.5. The lowest BCUT2D eigenvalue weighted by molar-refractivity contribution is 0.369. The predicted molar refractivity (Wildman–Crippen MR) is 75.7 cm³/mol. The van der Waals surface area contributed by atoms with Crippen molar-refractivity contribution in [2.75, 3.05) is 19.1 Å². The molecule has 2 N–H and O–H groups in total. The van der Waals surface area contributed by atoms with E-state index in [2.05, 4.69) is 5.32 Å².